The largest absolute Gasteiger partial charge is 0.451 e. The van der Waals surface area contributed by atoms with Gasteiger partial charge in [-0.05, 0) is 36.4 Å². The lowest BCUT2D eigenvalue weighted by Crippen LogP contribution is -2.21. The van der Waals surface area contributed by atoms with E-state index >= 15 is 0 Å². The number of nitrogens with zero attached hydrogens (tertiary/aromatic N) is 1. The van der Waals surface area contributed by atoms with Crippen LogP contribution in [0.2, 0.25) is 0 Å². The number of rotatable bonds is 5. The van der Waals surface area contributed by atoms with E-state index in [1.54, 1.807) is 0 Å². The fourth-order valence-corrected chi connectivity index (χ4v) is 2.87. The van der Waals surface area contributed by atoms with Crippen molar-refractivity contribution in [3.63, 3.8) is 0 Å². The number of anilines is 1. The minimum absolute atomic E-state index is 0.0138. The van der Waals surface area contributed by atoms with E-state index in [0.29, 0.717) is 16.6 Å². The molecule has 138 valence electrons. The number of amides is 1. The van der Waals surface area contributed by atoms with Crippen LogP contribution >= 0.6 is 11.3 Å². The van der Waals surface area contributed by atoms with Crippen LogP contribution in [0.15, 0.2) is 47.8 Å². The van der Waals surface area contributed by atoms with Crippen molar-refractivity contribution in [1.82, 2.24) is 4.98 Å². The van der Waals surface area contributed by atoms with Gasteiger partial charge >= 0.3 is 5.97 Å². The molecule has 1 N–H and O–H groups in total. The Morgan fingerprint density at radius 1 is 1.04 bits per heavy atom. The molecule has 9 heteroatoms. The summed E-state index contributed by atoms with van der Waals surface area (Å²) < 4.78 is 44.1. The van der Waals surface area contributed by atoms with E-state index in [9.17, 15) is 22.8 Å². The number of hydrogen-bond acceptors (Lipinski definition) is 5. The second-order valence-corrected chi connectivity index (χ2v) is 6.15. The van der Waals surface area contributed by atoms with E-state index in [4.69, 9.17) is 4.74 Å². The Morgan fingerprint density at radius 3 is 2.44 bits per heavy atom. The van der Waals surface area contributed by atoms with Gasteiger partial charge in [-0.25, -0.2) is 22.9 Å². The fourth-order valence-electron chi connectivity index (χ4n) is 2.07. The lowest BCUT2D eigenvalue weighted by atomic mass is 10.2. The number of carbonyl (C=O) groups excluding carboxylic acids is 2. The Hall–Kier alpha value is -3.20. The molecule has 0 spiro atoms. The zero-order valence-corrected chi connectivity index (χ0v) is 14.4. The van der Waals surface area contributed by atoms with Crippen LogP contribution < -0.4 is 5.32 Å². The molecule has 1 amide bonds. The fraction of sp³-hybridized carbons (Fsp3) is 0.0556. The second-order valence-electron chi connectivity index (χ2n) is 5.29. The van der Waals surface area contributed by atoms with Crippen molar-refractivity contribution >= 4 is 28.9 Å². The SMILES string of the molecule is O=C(COC(=O)c1csc(-c2ccc(F)cc2)n1)Nc1ccc(F)cc1F. The summed E-state index contributed by atoms with van der Waals surface area (Å²) in [7, 11) is 0. The molecule has 1 heterocycles. The van der Waals surface area contributed by atoms with Gasteiger partial charge in [0, 0.05) is 17.0 Å². The highest BCUT2D eigenvalue weighted by molar-refractivity contribution is 7.13. The van der Waals surface area contributed by atoms with Crippen molar-refractivity contribution in [3.05, 3.63) is 71.0 Å². The molecule has 2 aromatic carbocycles. The number of nitrogens with one attached hydrogen (secondary N) is 1. The molecule has 27 heavy (non-hydrogen) atoms. The average Bonchev–Trinajstić information content (AvgIpc) is 3.13. The first-order valence-corrected chi connectivity index (χ1v) is 8.44. The highest BCUT2D eigenvalue weighted by Gasteiger charge is 2.16. The summed E-state index contributed by atoms with van der Waals surface area (Å²) in [6, 6.07) is 8.24. The molecule has 0 atom stereocenters. The van der Waals surface area contributed by atoms with Crippen molar-refractivity contribution in [2.24, 2.45) is 0 Å². The van der Waals surface area contributed by atoms with E-state index in [-0.39, 0.29) is 11.4 Å². The quantitative estimate of drug-likeness (QED) is 0.666. The van der Waals surface area contributed by atoms with Crippen LogP contribution in [0, 0.1) is 17.5 Å². The minimum Gasteiger partial charge on any atom is -0.451 e. The van der Waals surface area contributed by atoms with Crippen LogP contribution in [0.25, 0.3) is 10.6 Å². The lowest BCUT2D eigenvalue weighted by Gasteiger charge is -2.06. The number of ether oxygens (including phenoxy) is 1. The third kappa shape index (κ3) is 4.70. The summed E-state index contributed by atoms with van der Waals surface area (Å²) in [5, 5.41) is 4.10. The zero-order valence-electron chi connectivity index (χ0n) is 13.5. The normalized spacial score (nSPS) is 10.5. The third-order valence-corrected chi connectivity index (χ3v) is 4.24. The average molecular weight is 392 g/mol. The van der Waals surface area contributed by atoms with Gasteiger partial charge in [-0.3, -0.25) is 4.79 Å². The van der Waals surface area contributed by atoms with Gasteiger partial charge in [0.2, 0.25) is 0 Å². The van der Waals surface area contributed by atoms with Crippen LogP contribution in [0.4, 0.5) is 18.9 Å². The number of hydrogen-bond donors (Lipinski definition) is 1. The first-order chi connectivity index (χ1) is 12.9. The van der Waals surface area contributed by atoms with Crippen LogP contribution in [-0.4, -0.2) is 23.5 Å². The Bertz CT molecular complexity index is 990. The summed E-state index contributed by atoms with van der Waals surface area (Å²) >= 11 is 1.16. The third-order valence-electron chi connectivity index (χ3n) is 3.34. The number of benzene rings is 2. The van der Waals surface area contributed by atoms with Gasteiger partial charge in [0.05, 0.1) is 5.69 Å². The molecule has 0 unspecified atom stereocenters. The Morgan fingerprint density at radius 2 is 1.74 bits per heavy atom. The molecule has 3 aromatic rings. The molecule has 3 rings (SSSR count). The maximum absolute atomic E-state index is 13.5. The van der Waals surface area contributed by atoms with Crippen molar-refractivity contribution in [2.45, 2.75) is 0 Å². The molecular weight excluding hydrogens is 381 g/mol. The highest BCUT2D eigenvalue weighted by Crippen LogP contribution is 2.24. The smallest absolute Gasteiger partial charge is 0.358 e. The molecule has 0 aliphatic carbocycles. The second kappa shape index (κ2) is 8.00. The molecule has 0 aliphatic rings. The molecule has 0 radical (unpaired) electrons. The van der Waals surface area contributed by atoms with E-state index in [1.165, 1.54) is 29.6 Å². The first-order valence-electron chi connectivity index (χ1n) is 7.56. The van der Waals surface area contributed by atoms with Crippen LogP contribution in [0.3, 0.4) is 0 Å². The minimum atomic E-state index is -0.946. The predicted octanol–water partition coefficient (Wildman–Crippen LogP) is 4.02. The number of carbonyl (C=O) groups is 2. The summed E-state index contributed by atoms with van der Waals surface area (Å²) in [6.45, 7) is -0.668. The van der Waals surface area contributed by atoms with E-state index in [1.807, 2.05) is 0 Å². The molecular formula is C18H11F3N2O3S. The van der Waals surface area contributed by atoms with E-state index < -0.39 is 35.9 Å². The van der Waals surface area contributed by atoms with Crippen LogP contribution in [0.1, 0.15) is 10.5 Å². The van der Waals surface area contributed by atoms with Crippen molar-refractivity contribution in [1.29, 1.82) is 0 Å². The highest BCUT2D eigenvalue weighted by atomic mass is 32.1. The van der Waals surface area contributed by atoms with Crippen molar-refractivity contribution in [3.8, 4) is 10.6 Å². The Labute approximate surface area is 155 Å². The topological polar surface area (TPSA) is 68.3 Å². The number of aromatic nitrogens is 1. The van der Waals surface area contributed by atoms with Gasteiger partial charge < -0.3 is 10.1 Å². The summed E-state index contributed by atoms with van der Waals surface area (Å²) in [6.07, 6.45) is 0. The van der Waals surface area contributed by atoms with Gasteiger partial charge in [-0.2, -0.15) is 0 Å². The summed E-state index contributed by atoms with van der Waals surface area (Å²) in [5.41, 5.74) is 0.384. The summed E-state index contributed by atoms with van der Waals surface area (Å²) in [4.78, 5) is 27.8. The maximum Gasteiger partial charge on any atom is 0.358 e. The zero-order chi connectivity index (χ0) is 19.4. The molecule has 5 nitrogen and oxygen atoms in total. The standard InChI is InChI=1S/C18H11F3N2O3S/c19-11-3-1-10(2-4-11)17-23-15(9-27-17)18(25)26-8-16(24)22-14-6-5-12(20)7-13(14)21/h1-7,9H,8H2,(H,22,24). The van der Waals surface area contributed by atoms with Gasteiger partial charge in [-0.15, -0.1) is 11.3 Å². The van der Waals surface area contributed by atoms with Gasteiger partial charge in [-0.1, -0.05) is 0 Å². The first kappa shape index (κ1) is 18.6. The molecule has 0 saturated carbocycles. The molecule has 0 aliphatic heterocycles. The summed E-state index contributed by atoms with van der Waals surface area (Å²) in [5.74, 6) is -3.74. The van der Waals surface area contributed by atoms with Gasteiger partial charge in [0.15, 0.2) is 12.3 Å². The van der Waals surface area contributed by atoms with Gasteiger partial charge in [0.25, 0.3) is 5.91 Å². The maximum atomic E-state index is 13.5. The lowest BCUT2D eigenvalue weighted by molar-refractivity contribution is -0.119. The van der Waals surface area contributed by atoms with E-state index in [2.05, 4.69) is 10.3 Å². The Balaban J connectivity index is 1.57. The monoisotopic (exact) mass is 392 g/mol. The molecule has 0 saturated heterocycles. The van der Waals surface area contributed by atoms with Crippen molar-refractivity contribution < 1.29 is 27.5 Å². The van der Waals surface area contributed by atoms with Crippen LogP contribution in [-0.2, 0) is 9.53 Å². The number of halogens is 3. The predicted molar refractivity (Wildman–Crippen MR) is 92.8 cm³/mol. The Kier molecular flexibility index (Phi) is 5.51. The van der Waals surface area contributed by atoms with E-state index in [0.717, 1.165) is 23.5 Å². The molecule has 0 fully saturated rings. The van der Waals surface area contributed by atoms with Crippen molar-refractivity contribution in [2.75, 3.05) is 11.9 Å². The number of esters is 1. The molecule has 1 aromatic heterocycles. The molecule has 0 bridgehead atoms. The van der Waals surface area contributed by atoms with Gasteiger partial charge in [0.1, 0.15) is 22.5 Å². The van der Waals surface area contributed by atoms with Crippen LogP contribution in [0.5, 0.6) is 0 Å². The number of thiazole rings is 1.